The molecule has 1 rings (SSSR count). The van der Waals surface area contributed by atoms with Crippen molar-refractivity contribution in [3.63, 3.8) is 0 Å². The van der Waals surface area contributed by atoms with Crippen molar-refractivity contribution in [3.8, 4) is 0 Å². The molecule has 0 fully saturated rings. The Kier molecular flexibility index (Phi) is 3.85. The summed E-state index contributed by atoms with van der Waals surface area (Å²) in [5.41, 5.74) is 6.49. The van der Waals surface area contributed by atoms with Crippen LogP contribution in [0.15, 0.2) is 18.3 Å². The van der Waals surface area contributed by atoms with E-state index in [0.29, 0.717) is 12.2 Å². The Morgan fingerprint density at radius 2 is 2.36 bits per heavy atom. The number of aliphatic hydroxyl groups is 1. The minimum Gasteiger partial charge on any atom is -0.390 e. The number of ether oxygens (including phenoxy) is 1. The summed E-state index contributed by atoms with van der Waals surface area (Å²) in [7, 11) is 1.58. The summed E-state index contributed by atoms with van der Waals surface area (Å²) in [6.45, 7) is 1.83. The second kappa shape index (κ2) is 4.93. The maximum atomic E-state index is 9.68. The van der Waals surface area contributed by atoms with E-state index < -0.39 is 6.10 Å². The molecule has 4 heteroatoms. The van der Waals surface area contributed by atoms with Crippen molar-refractivity contribution in [1.29, 1.82) is 0 Å². The Balaban J connectivity index is 2.60. The van der Waals surface area contributed by atoms with Gasteiger partial charge in [-0.05, 0) is 24.6 Å². The number of methoxy groups -OCH3 is 1. The van der Waals surface area contributed by atoms with Crippen LogP contribution in [0.2, 0.25) is 0 Å². The van der Waals surface area contributed by atoms with Gasteiger partial charge in [0.05, 0.1) is 12.2 Å². The number of anilines is 1. The number of aromatic nitrogens is 1. The Morgan fingerprint density at radius 1 is 1.64 bits per heavy atom. The summed E-state index contributed by atoms with van der Waals surface area (Å²) in [6.07, 6.45) is 1.47. The van der Waals surface area contributed by atoms with Crippen LogP contribution in [0.4, 0.5) is 5.82 Å². The molecule has 0 spiro atoms. The largest absolute Gasteiger partial charge is 0.390 e. The summed E-state index contributed by atoms with van der Waals surface area (Å²) < 4.78 is 5.02. The minimum absolute atomic E-state index is 0.176. The van der Waals surface area contributed by atoms with E-state index in [9.17, 15) is 5.11 Å². The lowest BCUT2D eigenvalue weighted by atomic mass is 10.1. The number of nitrogens with zero attached hydrogens (tertiary/aromatic N) is 1. The van der Waals surface area contributed by atoms with Gasteiger partial charge >= 0.3 is 0 Å². The molecule has 0 aliphatic heterocycles. The van der Waals surface area contributed by atoms with Gasteiger partial charge in [0.25, 0.3) is 0 Å². The SMILES string of the molecule is COC(C)C(O)Cc1ccnc(N)c1. The van der Waals surface area contributed by atoms with Crippen molar-refractivity contribution in [2.24, 2.45) is 0 Å². The van der Waals surface area contributed by atoms with Crippen LogP contribution in [0.25, 0.3) is 0 Å². The number of pyridine rings is 1. The molecule has 14 heavy (non-hydrogen) atoms. The molecule has 1 heterocycles. The molecule has 0 radical (unpaired) electrons. The summed E-state index contributed by atoms with van der Waals surface area (Å²) in [5.74, 6) is 0.472. The van der Waals surface area contributed by atoms with E-state index in [-0.39, 0.29) is 6.10 Å². The van der Waals surface area contributed by atoms with Gasteiger partial charge in [0.2, 0.25) is 0 Å². The smallest absolute Gasteiger partial charge is 0.123 e. The molecular weight excluding hydrogens is 180 g/mol. The number of hydrogen-bond acceptors (Lipinski definition) is 4. The van der Waals surface area contributed by atoms with Gasteiger partial charge in [-0.2, -0.15) is 0 Å². The number of nitrogens with two attached hydrogens (primary N) is 1. The van der Waals surface area contributed by atoms with Gasteiger partial charge in [0.1, 0.15) is 5.82 Å². The van der Waals surface area contributed by atoms with E-state index in [1.54, 1.807) is 19.4 Å². The molecule has 0 amide bonds. The van der Waals surface area contributed by atoms with Gasteiger partial charge in [-0.15, -0.1) is 0 Å². The van der Waals surface area contributed by atoms with Gasteiger partial charge in [0, 0.05) is 19.7 Å². The molecule has 1 aromatic heterocycles. The lowest BCUT2D eigenvalue weighted by molar-refractivity contribution is 0.000407. The van der Waals surface area contributed by atoms with Gasteiger partial charge in [0.15, 0.2) is 0 Å². The van der Waals surface area contributed by atoms with E-state index in [0.717, 1.165) is 5.56 Å². The van der Waals surface area contributed by atoms with Crippen LogP contribution in [0.3, 0.4) is 0 Å². The summed E-state index contributed by atoms with van der Waals surface area (Å²) in [4.78, 5) is 3.88. The van der Waals surface area contributed by atoms with E-state index >= 15 is 0 Å². The third-order valence-electron chi connectivity index (χ3n) is 2.20. The lowest BCUT2D eigenvalue weighted by Crippen LogP contribution is -2.26. The van der Waals surface area contributed by atoms with Crippen LogP contribution in [-0.4, -0.2) is 29.4 Å². The molecule has 0 aliphatic rings. The average Bonchev–Trinajstić information content (AvgIpc) is 2.16. The van der Waals surface area contributed by atoms with Crippen LogP contribution < -0.4 is 5.73 Å². The minimum atomic E-state index is -0.512. The number of nitrogen functional groups attached to an aromatic ring is 1. The Bertz CT molecular complexity index is 291. The number of hydrogen-bond donors (Lipinski definition) is 2. The van der Waals surface area contributed by atoms with Crippen molar-refractivity contribution in [3.05, 3.63) is 23.9 Å². The zero-order valence-corrected chi connectivity index (χ0v) is 8.47. The highest BCUT2D eigenvalue weighted by Gasteiger charge is 2.13. The van der Waals surface area contributed by atoms with Crippen LogP contribution in [-0.2, 0) is 11.2 Å². The fraction of sp³-hybridized carbons (Fsp3) is 0.500. The van der Waals surface area contributed by atoms with E-state index in [2.05, 4.69) is 4.98 Å². The molecule has 0 saturated carbocycles. The van der Waals surface area contributed by atoms with Gasteiger partial charge < -0.3 is 15.6 Å². The molecule has 78 valence electrons. The third-order valence-corrected chi connectivity index (χ3v) is 2.20. The number of aliphatic hydroxyl groups excluding tert-OH is 1. The van der Waals surface area contributed by atoms with Crippen molar-refractivity contribution in [2.45, 2.75) is 25.6 Å². The van der Waals surface area contributed by atoms with Gasteiger partial charge in [-0.3, -0.25) is 0 Å². The lowest BCUT2D eigenvalue weighted by Gasteiger charge is -2.17. The molecule has 2 unspecified atom stereocenters. The van der Waals surface area contributed by atoms with E-state index in [4.69, 9.17) is 10.5 Å². The maximum Gasteiger partial charge on any atom is 0.123 e. The molecule has 3 N–H and O–H groups in total. The summed E-state index contributed by atoms with van der Waals surface area (Å²) in [6, 6.07) is 3.59. The van der Waals surface area contributed by atoms with Crippen LogP contribution >= 0.6 is 0 Å². The fourth-order valence-corrected chi connectivity index (χ4v) is 1.19. The zero-order chi connectivity index (χ0) is 10.6. The first-order valence-corrected chi connectivity index (χ1v) is 4.54. The van der Waals surface area contributed by atoms with Crippen molar-refractivity contribution in [1.82, 2.24) is 4.98 Å². The second-order valence-electron chi connectivity index (χ2n) is 3.30. The Labute approximate surface area is 83.7 Å². The van der Waals surface area contributed by atoms with E-state index in [1.165, 1.54) is 0 Å². The predicted molar refractivity (Wildman–Crippen MR) is 54.8 cm³/mol. The predicted octanol–water partition coefficient (Wildman–Crippen LogP) is 0.602. The third kappa shape index (κ3) is 2.97. The average molecular weight is 196 g/mol. The number of rotatable bonds is 4. The fourth-order valence-electron chi connectivity index (χ4n) is 1.19. The summed E-state index contributed by atoms with van der Waals surface area (Å²) in [5, 5.41) is 9.68. The van der Waals surface area contributed by atoms with Crippen molar-refractivity contribution in [2.75, 3.05) is 12.8 Å². The normalized spacial score (nSPS) is 15.1. The quantitative estimate of drug-likeness (QED) is 0.740. The molecule has 0 bridgehead atoms. The molecule has 0 aromatic carbocycles. The molecule has 0 saturated heterocycles. The first-order valence-electron chi connectivity index (χ1n) is 4.54. The molecular formula is C10H16N2O2. The first kappa shape index (κ1) is 10.9. The molecule has 4 nitrogen and oxygen atoms in total. The molecule has 2 atom stereocenters. The zero-order valence-electron chi connectivity index (χ0n) is 8.47. The highest BCUT2D eigenvalue weighted by molar-refractivity contribution is 5.32. The van der Waals surface area contributed by atoms with Crippen molar-refractivity contribution < 1.29 is 9.84 Å². The van der Waals surface area contributed by atoms with E-state index in [1.807, 2.05) is 13.0 Å². The Hall–Kier alpha value is -1.13. The van der Waals surface area contributed by atoms with Crippen molar-refractivity contribution >= 4 is 5.82 Å². The monoisotopic (exact) mass is 196 g/mol. The molecule has 0 aliphatic carbocycles. The van der Waals surface area contributed by atoms with Gasteiger partial charge in [-0.25, -0.2) is 4.98 Å². The van der Waals surface area contributed by atoms with Crippen LogP contribution in [0, 0.1) is 0 Å². The second-order valence-corrected chi connectivity index (χ2v) is 3.30. The first-order chi connectivity index (χ1) is 6.63. The van der Waals surface area contributed by atoms with Gasteiger partial charge in [-0.1, -0.05) is 0 Å². The van der Waals surface area contributed by atoms with Crippen LogP contribution in [0.1, 0.15) is 12.5 Å². The highest BCUT2D eigenvalue weighted by Crippen LogP contribution is 2.09. The van der Waals surface area contributed by atoms with Crippen LogP contribution in [0.5, 0.6) is 0 Å². The standard InChI is InChI=1S/C10H16N2O2/c1-7(14-2)9(13)5-8-3-4-12-10(11)6-8/h3-4,6-7,9,13H,5H2,1-2H3,(H2,11,12). The molecule has 1 aromatic rings. The Morgan fingerprint density at radius 3 is 2.93 bits per heavy atom. The highest BCUT2D eigenvalue weighted by atomic mass is 16.5. The topological polar surface area (TPSA) is 68.4 Å². The summed E-state index contributed by atoms with van der Waals surface area (Å²) >= 11 is 0. The maximum absolute atomic E-state index is 9.68.